The van der Waals surface area contributed by atoms with Crippen LogP contribution in [0.15, 0.2) is 12.4 Å². The van der Waals surface area contributed by atoms with Crippen LogP contribution in [0.5, 0.6) is 0 Å². The Morgan fingerprint density at radius 3 is 2.82 bits per heavy atom. The van der Waals surface area contributed by atoms with Gasteiger partial charge in [0, 0.05) is 26.3 Å². The Labute approximate surface area is 102 Å². The van der Waals surface area contributed by atoms with E-state index < -0.39 is 0 Å². The van der Waals surface area contributed by atoms with E-state index in [9.17, 15) is 0 Å². The molecule has 0 spiro atoms. The number of ether oxygens (including phenoxy) is 1. The number of nitrogens with two attached hydrogens (primary N) is 1. The Kier molecular flexibility index (Phi) is 4.28. The maximum Gasteiger partial charge on any atom is 0.132 e. The molecule has 1 aliphatic rings. The second-order valence-electron chi connectivity index (χ2n) is 4.47. The second kappa shape index (κ2) is 5.93. The molecule has 2 N–H and O–H groups in total. The van der Waals surface area contributed by atoms with E-state index in [4.69, 9.17) is 10.5 Å². The molecule has 0 unspecified atom stereocenters. The Balaban J connectivity index is 2.00. The summed E-state index contributed by atoms with van der Waals surface area (Å²) in [5.74, 6) is 1.68. The first kappa shape index (κ1) is 12.3. The number of anilines is 1. The summed E-state index contributed by atoms with van der Waals surface area (Å²) in [5, 5.41) is 0. The van der Waals surface area contributed by atoms with Crippen LogP contribution in [-0.4, -0.2) is 36.7 Å². The molecule has 17 heavy (non-hydrogen) atoms. The van der Waals surface area contributed by atoms with Crippen LogP contribution in [0.25, 0.3) is 0 Å². The van der Waals surface area contributed by atoms with Crippen LogP contribution in [0.3, 0.4) is 0 Å². The molecule has 0 atom stereocenters. The van der Waals surface area contributed by atoms with E-state index in [1.54, 1.807) is 13.4 Å². The SMILES string of the molecule is COCc1cc(N2CCC(CN)CC2)ncn1. The van der Waals surface area contributed by atoms with Crippen LogP contribution in [0.2, 0.25) is 0 Å². The number of hydrogen-bond donors (Lipinski definition) is 1. The second-order valence-corrected chi connectivity index (χ2v) is 4.47. The van der Waals surface area contributed by atoms with Crippen LogP contribution in [0.1, 0.15) is 18.5 Å². The number of aromatic nitrogens is 2. The first-order chi connectivity index (χ1) is 8.33. The zero-order chi connectivity index (χ0) is 12.1. The molecule has 2 rings (SSSR count). The molecule has 1 aliphatic heterocycles. The van der Waals surface area contributed by atoms with Gasteiger partial charge in [-0.15, -0.1) is 0 Å². The van der Waals surface area contributed by atoms with Crippen molar-refractivity contribution in [1.82, 2.24) is 9.97 Å². The van der Waals surface area contributed by atoms with Gasteiger partial charge in [0.15, 0.2) is 0 Å². The molecule has 94 valence electrons. The van der Waals surface area contributed by atoms with Crippen molar-refractivity contribution in [2.24, 2.45) is 11.7 Å². The van der Waals surface area contributed by atoms with Gasteiger partial charge in [-0.05, 0) is 25.3 Å². The van der Waals surface area contributed by atoms with Gasteiger partial charge >= 0.3 is 0 Å². The van der Waals surface area contributed by atoms with Gasteiger partial charge in [-0.3, -0.25) is 0 Å². The normalized spacial score (nSPS) is 17.4. The summed E-state index contributed by atoms with van der Waals surface area (Å²) in [7, 11) is 1.68. The van der Waals surface area contributed by atoms with E-state index in [1.807, 2.05) is 6.07 Å². The summed E-state index contributed by atoms with van der Waals surface area (Å²) in [5.41, 5.74) is 6.62. The molecule has 5 heteroatoms. The summed E-state index contributed by atoms with van der Waals surface area (Å²) in [6.45, 7) is 3.40. The summed E-state index contributed by atoms with van der Waals surface area (Å²) < 4.78 is 5.08. The van der Waals surface area contributed by atoms with Crippen LogP contribution < -0.4 is 10.6 Å². The van der Waals surface area contributed by atoms with Gasteiger partial charge in [-0.25, -0.2) is 9.97 Å². The predicted molar refractivity (Wildman–Crippen MR) is 66.7 cm³/mol. The van der Waals surface area contributed by atoms with Gasteiger partial charge < -0.3 is 15.4 Å². The maximum absolute atomic E-state index is 5.69. The first-order valence-electron chi connectivity index (χ1n) is 6.08. The minimum Gasteiger partial charge on any atom is -0.378 e. The fourth-order valence-corrected chi connectivity index (χ4v) is 2.18. The smallest absolute Gasteiger partial charge is 0.132 e. The van der Waals surface area contributed by atoms with E-state index in [2.05, 4.69) is 14.9 Å². The Morgan fingerprint density at radius 1 is 1.41 bits per heavy atom. The van der Waals surface area contributed by atoms with Gasteiger partial charge in [0.05, 0.1) is 12.3 Å². The van der Waals surface area contributed by atoms with Crippen molar-refractivity contribution < 1.29 is 4.74 Å². The number of hydrogen-bond acceptors (Lipinski definition) is 5. The zero-order valence-electron chi connectivity index (χ0n) is 10.3. The predicted octanol–water partition coefficient (Wildman–Crippen LogP) is 0.798. The van der Waals surface area contributed by atoms with Crippen molar-refractivity contribution in [2.75, 3.05) is 31.6 Å². The summed E-state index contributed by atoms with van der Waals surface area (Å²) >= 11 is 0. The Bertz CT molecular complexity index is 350. The minimum absolute atomic E-state index is 0.536. The first-order valence-corrected chi connectivity index (χ1v) is 6.08. The lowest BCUT2D eigenvalue weighted by atomic mass is 9.97. The van der Waals surface area contributed by atoms with Crippen LogP contribution in [0, 0.1) is 5.92 Å². The van der Waals surface area contributed by atoms with Crippen molar-refractivity contribution >= 4 is 5.82 Å². The Morgan fingerprint density at radius 2 is 2.18 bits per heavy atom. The van der Waals surface area contributed by atoms with Crippen LogP contribution in [0.4, 0.5) is 5.82 Å². The van der Waals surface area contributed by atoms with E-state index in [1.165, 1.54) is 0 Å². The van der Waals surface area contributed by atoms with E-state index in [-0.39, 0.29) is 0 Å². The average molecular weight is 236 g/mol. The quantitative estimate of drug-likeness (QED) is 0.837. The van der Waals surface area contributed by atoms with Crippen molar-refractivity contribution in [3.05, 3.63) is 18.1 Å². The molecule has 0 saturated carbocycles. The highest BCUT2D eigenvalue weighted by Gasteiger charge is 2.19. The van der Waals surface area contributed by atoms with Gasteiger partial charge in [0.25, 0.3) is 0 Å². The fourth-order valence-electron chi connectivity index (χ4n) is 2.18. The van der Waals surface area contributed by atoms with E-state index >= 15 is 0 Å². The molecule has 1 aromatic rings. The molecule has 2 heterocycles. The molecular formula is C12H20N4O. The van der Waals surface area contributed by atoms with Crippen molar-refractivity contribution in [3.63, 3.8) is 0 Å². The third-order valence-electron chi connectivity index (χ3n) is 3.27. The molecule has 1 fully saturated rings. The molecule has 1 saturated heterocycles. The van der Waals surface area contributed by atoms with Gasteiger partial charge in [-0.2, -0.15) is 0 Å². The monoisotopic (exact) mass is 236 g/mol. The highest BCUT2D eigenvalue weighted by Crippen LogP contribution is 2.21. The fraction of sp³-hybridized carbons (Fsp3) is 0.667. The lowest BCUT2D eigenvalue weighted by Crippen LogP contribution is -2.36. The van der Waals surface area contributed by atoms with Crippen molar-refractivity contribution in [3.8, 4) is 0 Å². The van der Waals surface area contributed by atoms with Crippen molar-refractivity contribution in [1.29, 1.82) is 0 Å². The van der Waals surface area contributed by atoms with E-state index in [0.29, 0.717) is 12.5 Å². The lowest BCUT2D eigenvalue weighted by molar-refractivity contribution is 0.181. The number of piperidine rings is 1. The summed E-state index contributed by atoms with van der Waals surface area (Å²) in [6.07, 6.45) is 3.92. The molecular weight excluding hydrogens is 216 g/mol. The average Bonchev–Trinajstić information content (AvgIpc) is 2.40. The highest BCUT2D eigenvalue weighted by molar-refractivity contribution is 5.39. The van der Waals surface area contributed by atoms with E-state index in [0.717, 1.165) is 44.0 Å². The molecule has 0 aromatic carbocycles. The Hall–Kier alpha value is -1.20. The molecule has 1 aromatic heterocycles. The van der Waals surface area contributed by atoms with Crippen LogP contribution >= 0.6 is 0 Å². The lowest BCUT2D eigenvalue weighted by Gasteiger charge is -2.32. The van der Waals surface area contributed by atoms with Gasteiger partial charge in [0.2, 0.25) is 0 Å². The summed E-state index contributed by atoms with van der Waals surface area (Å²) in [4.78, 5) is 10.8. The number of nitrogens with zero attached hydrogens (tertiary/aromatic N) is 3. The third kappa shape index (κ3) is 3.14. The maximum atomic E-state index is 5.69. The topological polar surface area (TPSA) is 64.3 Å². The summed E-state index contributed by atoms with van der Waals surface area (Å²) in [6, 6.07) is 2.01. The molecule has 0 radical (unpaired) electrons. The largest absolute Gasteiger partial charge is 0.378 e. The van der Waals surface area contributed by atoms with Crippen LogP contribution in [-0.2, 0) is 11.3 Å². The molecule has 5 nitrogen and oxygen atoms in total. The zero-order valence-corrected chi connectivity index (χ0v) is 10.3. The van der Waals surface area contributed by atoms with Crippen molar-refractivity contribution in [2.45, 2.75) is 19.4 Å². The standard InChI is InChI=1S/C12H20N4O/c1-17-8-11-6-12(15-9-14-11)16-4-2-10(7-13)3-5-16/h6,9-10H,2-5,7-8,13H2,1H3. The number of rotatable bonds is 4. The third-order valence-corrected chi connectivity index (χ3v) is 3.27. The molecule has 0 amide bonds. The molecule has 0 bridgehead atoms. The number of methoxy groups -OCH3 is 1. The molecule has 0 aliphatic carbocycles. The highest BCUT2D eigenvalue weighted by atomic mass is 16.5. The van der Waals surface area contributed by atoms with Gasteiger partial charge in [0.1, 0.15) is 12.1 Å². The van der Waals surface area contributed by atoms with Gasteiger partial charge in [-0.1, -0.05) is 0 Å². The minimum atomic E-state index is 0.536.